The summed E-state index contributed by atoms with van der Waals surface area (Å²) < 4.78 is 5.30. The van der Waals surface area contributed by atoms with Crippen LogP contribution in [0, 0.1) is 11.3 Å². The molecular weight excluding hydrogens is 358 g/mol. The van der Waals surface area contributed by atoms with Gasteiger partial charge in [-0.1, -0.05) is 46.8 Å². The summed E-state index contributed by atoms with van der Waals surface area (Å²) in [5.41, 5.74) is 0.179. The smallest absolute Gasteiger partial charge is 0.254 e. The lowest BCUT2D eigenvalue weighted by atomic mass is 9.95. The number of rotatable bonds is 5. The number of ether oxygens (including phenoxy) is 1. The third-order valence-electron chi connectivity index (χ3n) is 4.64. The number of anilines is 1. The van der Waals surface area contributed by atoms with Crippen molar-refractivity contribution in [1.29, 1.82) is 0 Å². The van der Waals surface area contributed by atoms with Crippen LogP contribution in [0.2, 0.25) is 0 Å². The first kappa shape index (κ1) is 21.9. The topological polar surface area (TPSA) is 87.7 Å². The van der Waals surface area contributed by atoms with E-state index in [9.17, 15) is 14.4 Å². The Balaban J connectivity index is 2.17. The lowest BCUT2D eigenvalue weighted by Crippen LogP contribution is -2.53. The van der Waals surface area contributed by atoms with Crippen LogP contribution >= 0.6 is 0 Å². The van der Waals surface area contributed by atoms with Gasteiger partial charge in [0.25, 0.3) is 5.91 Å². The van der Waals surface area contributed by atoms with Gasteiger partial charge >= 0.3 is 0 Å². The van der Waals surface area contributed by atoms with E-state index in [4.69, 9.17) is 4.74 Å². The summed E-state index contributed by atoms with van der Waals surface area (Å²) in [4.78, 5) is 39.9. The number of nitrogens with zero attached hydrogens (tertiary/aromatic N) is 1. The van der Waals surface area contributed by atoms with Crippen LogP contribution in [0.4, 0.5) is 5.69 Å². The van der Waals surface area contributed by atoms with E-state index in [1.807, 2.05) is 13.8 Å². The van der Waals surface area contributed by atoms with Crippen molar-refractivity contribution < 1.29 is 19.1 Å². The summed E-state index contributed by atoms with van der Waals surface area (Å²) in [7, 11) is 0. The molecule has 1 aromatic rings. The van der Waals surface area contributed by atoms with E-state index < -0.39 is 11.5 Å². The second-order valence-corrected chi connectivity index (χ2v) is 8.38. The molecule has 7 heteroatoms. The number of carbonyl (C=O) groups excluding carboxylic acids is 3. The lowest BCUT2D eigenvalue weighted by Gasteiger charge is -2.32. The van der Waals surface area contributed by atoms with Crippen LogP contribution in [0.25, 0.3) is 0 Å². The van der Waals surface area contributed by atoms with Crippen molar-refractivity contribution >= 4 is 23.4 Å². The molecule has 2 N–H and O–H groups in total. The molecule has 1 heterocycles. The minimum absolute atomic E-state index is 0.0735. The van der Waals surface area contributed by atoms with E-state index in [0.29, 0.717) is 37.6 Å². The maximum absolute atomic E-state index is 12.9. The van der Waals surface area contributed by atoms with E-state index in [0.717, 1.165) is 0 Å². The molecule has 1 aliphatic rings. The molecule has 0 radical (unpaired) electrons. The zero-order valence-electron chi connectivity index (χ0n) is 17.4. The molecular formula is C21H31N3O4. The minimum atomic E-state index is -0.642. The molecule has 0 aliphatic carbocycles. The van der Waals surface area contributed by atoms with E-state index in [1.165, 1.54) is 0 Å². The number of para-hydroxylation sites is 1. The molecule has 1 fully saturated rings. The molecule has 2 rings (SSSR count). The van der Waals surface area contributed by atoms with E-state index in [1.54, 1.807) is 49.9 Å². The normalized spacial score (nSPS) is 15.9. The molecule has 154 valence electrons. The van der Waals surface area contributed by atoms with Crippen LogP contribution in [0.3, 0.4) is 0 Å². The Labute approximate surface area is 166 Å². The van der Waals surface area contributed by atoms with Crippen LogP contribution in [-0.4, -0.2) is 55.0 Å². The summed E-state index contributed by atoms with van der Waals surface area (Å²) in [5.74, 6) is -0.749. The molecule has 1 aromatic carbocycles. The van der Waals surface area contributed by atoms with Gasteiger partial charge in [0.2, 0.25) is 11.8 Å². The standard InChI is InChI=1S/C21H31N3O4/c1-14(2)17(19(26)24-10-12-28-13-11-24)23-18(25)15-8-6-7-9-16(15)22-20(27)21(3,4)5/h6-9,14,17H,10-13H2,1-5H3,(H,22,27)(H,23,25)/t17-/m1/s1. The zero-order chi connectivity index (χ0) is 20.9. The molecule has 0 spiro atoms. The van der Waals surface area contributed by atoms with Gasteiger partial charge in [-0.3, -0.25) is 14.4 Å². The van der Waals surface area contributed by atoms with Crippen molar-refractivity contribution in [2.75, 3.05) is 31.6 Å². The van der Waals surface area contributed by atoms with Gasteiger partial charge in [-0.15, -0.1) is 0 Å². The van der Waals surface area contributed by atoms with Crippen LogP contribution in [0.5, 0.6) is 0 Å². The fourth-order valence-corrected chi connectivity index (χ4v) is 2.81. The molecule has 0 unspecified atom stereocenters. The molecule has 28 heavy (non-hydrogen) atoms. The van der Waals surface area contributed by atoms with Crippen LogP contribution in [0.15, 0.2) is 24.3 Å². The first-order chi connectivity index (χ1) is 13.1. The Hall–Kier alpha value is -2.41. The summed E-state index contributed by atoms with van der Waals surface area (Å²) in [6.07, 6.45) is 0. The Morgan fingerprint density at radius 3 is 2.25 bits per heavy atom. The monoisotopic (exact) mass is 389 g/mol. The van der Waals surface area contributed by atoms with Gasteiger partial charge < -0.3 is 20.3 Å². The lowest BCUT2D eigenvalue weighted by molar-refractivity contribution is -0.138. The van der Waals surface area contributed by atoms with Gasteiger partial charge in [-0.05, 0) is 18.1 Å². The second-order valence-electron chi connectivity index (χ2n) is 8.38. The van der Waals surface area contributed by atoms with Crippen molar-refractivity contribution in [1.82, 2.24) is 10.2 Å². The number of hydrogen-bond acceptors (Lipinski definition) is 4. The molecule has 7 nitrogen and oxygen atoms in total. The number of benzene rings is 1. The highest BCUT2D eigenvalue weighted by Gasteiger charge is 2.30. The highest BCUT2D eigenvalue weighted by molar-refractivity contribution is 6.05. The van der Waals surface area contributed by atoms with Crippen molar-refractivity contribution in [2.24, 2.45) is 11.3 Å². The van der Waals surface area contributed by atoms with Gasteiger partial charge in [-0.25, -0.2) is 0 Å². The van der Waals surface area contributed by atoms with Crippen LogP contribution < -0.4 is 10.6 Å². The number of morpholine rings is 1. The predicted octanol–water partition coefficient (Wildman–Crippen LogP) is 2.28. The second kappa shape index (κ2) is 9.19. The highest BCUT2D eigenvalue weighted by atomic mass is 16.5. The third kappa shape index (κ3) is 5.55. The molecule has 0 bridgehead atoms. The Morgan fingerprint density at radius 2 is 1.68 bits per heavy atom. The predicted molar refractivity (Wildman–Crippen MR) is 108 cm³/mol. The largest absolute Gasteiger partial charge is 0.378 e. The Bertz CT molecular complexity index is 719. The first-order valence-electron chi connectivity index (χ1n) is 9.69. The fourth-order valence-electron chi connectivity index (χ4n) is 2.81. The quantitative estimate of drug-likeness (QED) is 0.809. The van der Waals surface area contributed by atoms with Crippen LogP contribution in [-0.2, 0) is 14.3 Å². The fraction of sp³-hybridized carbons (Fsp3) is 0.571. The number of nitrogens with one attached hydrogen (secondary N) is 2. The van der Waals surface area contributed by atoms with Crippen molar-refractivity contribution in [3.05, 3.63) is 29.8 Å². The van der Waals surface area contributed by atoms with Gasteiger partial charge in [-0.2, -0.15) is 0 Å². The van der Waals surface area contributed by atoms with Crippen molar-refractivity contribution in [3.63, 3.8) is 0 Å². The summed E-state index contributed by atoms with van der Waals surface area (Å²) in [6, 6.07) is 6.18. The Kier molecular flexibility index (Phi) is 7.18. The molecule has 1 aliphatic heterocycles. The Morgan fingerprint density at radius 1 is 1.07 bits per heavy atom. The van der Waals surface area contributed by atoms with E-state index in [-0.39, 0.29) is 23.6 Å². The molecule has 1 atom stereocenters. The number of carbonyl (C=O) groups is 3. The molecule has 1 saturated heterocycles. The highest BCUT2D eigenvalue weighted by Crippen LogP contribution is 2.21. The number of amides is 3. The maximum Gasteiger partial charge on any atom is 0.254 e. The number of hydrogen-bond donors (Lipinski definition) is 2. The molecule has 3 amide bonds. The van der Waals surface area contributed by atoms with Gasteiger partial charge in [0.05, 0.1) is 24.5 Å². The average Bonchev–Trinajstić information content (AvgIpc) is 2.65. The summed E-state index contributed by atoms with van der Waals surface area (Å²) in [5, 5.41) is 5.67. The molecule has 0 aromatic heterocycles. The van der Waals surface area contributed by atoms with E-state index in [2.05, 4.69) is 10.6 Å². The van der Waals surface area contributed by atoms with Gasteiger partial charge in [0, 0.05) is 18.5 Å². The minimum Gasteiger partial charge on any atom is -0.378 e. The van der Waals surface area contributed by atoms with E-state index >= 15 is 0 Å². The summed E-state index contributed by atoms with van der Waals surface area (Å²) >= 11 is 0. The summed E-state index contributed by atoms with van der Waals surface area (Å²) in [6.45, 7) is 11.3. The first-order valence-corrected chi connectivity index (χ1v) is 9.69. The zero-order valence-corrected chi connectivity index (χ0v) is 17.4. The maximum atomic E-state index is 12.9. The van der Waals surface area contributed by atoms with Crippen molar-refractivity contribution in [3.8, 4) is 0 Å². The third-order valence-corrected chi connectivity index (χ3v) is 4.64. The van der Waals surface area contributed by atoms with Crippen molar-refractivity contribution in [2.45, 2.75) is 40.7 Å². The molecule has 0 saturated carbocycles. The SMILES string of the molecule is CC(C)[C@@H](NC(=O)c1ccccc1NC(=O)C(C)(C)C)C(=O)N1CCOCC1. The average molecular weight is 389 g/mol. The van der Waals surface area contributed by atoms with Gasteiger partial charge in [0.1, 0.15) is 6.04 Å². The van der Waals surface area contributed by atoms with Gasteiger partial charge in [0.15, 0.2) is 0 Å². The van der Waals surface area contributed by atoms with Crippen LogP contribution in [0.1, 0.15) is 45.0 Å².